The van der Waals surface area contributed by atoms with E-state index in [-0.39, 0.29) is 11.7 Å². The summed E-state index contributed by atoms with van der Waals surface area (Å²) in [5.74, 6) is 0.271. The van der Waals surface area contributed by atoms with Crippen LogP contribution in [0.25, 0.3) is 22.2 Å². The zero-order chi connectivity index (χ0) is 18.3. The average molecular weight is 358 g/mol. The number of aliphatic hydroxyl groups is 4. The Labute approximate surface area is 148 Å². The van der Waals surface area contributed by atoms with E-state index in [0.717, 1.165) is 10.8 Å². The number of hydrogen-bond acceptors (Lipinski definition) is 8. The summed E-state index contributed by atoms with van der Waals surface area (Å²) in [7, 11) is 0. The number of fused-ring (bicyclic) bond motifs is 1. The lowest BCUT2D eigenvalue weighted by atomic mass is 9.95. The molecular weight excluding hydrogens is 340 g/mol. The van der Waals surface area contributed by atoms with E-state index >= 15 is 0 Å². The molecule has 136 valence electrons. The van der Waals surface area contributed by atoms with Gasteiger partial charge >= 0.3 is 0 Å². The highest BCUT2D eigenvalue weighted by Crippen LogP contribution is 2.32. The van der Waals surface area contributed by atoms with Gasteiger partial charge in [-0.2, -0.15) is 4.98 Å². The molecule has 0 unspecified atom stereocenters. The van der Waals surface area contributed by atoms with Crippen LogP contribution in [0.4, 0.5) is 0 Å². The molecule has 0 spiro atoms. The third-order valence-corrected chi connectivity index (χ3v) is 4.58. The first-order chi connectivity index (χ1) is 12.6. The van der Waals surface area contributed by atoms with Gasteiger partial charge in [0.25, 0.3) is 5.89 Å². The zero-order valence-electron chi connectivity index (χ0n) is 13.6. The van der Waals surface area contributed by atoms with Gasteiger partial charge in [-0.15, -0.1) is 0 Å². The van der Waals surface area contributed by atoms with Crippen LogP contribution in [0.15, 0.2) is 47.0 Å². The molecule has 1 saturated heterocycles. The van der Waals surface area contributed by atoms with Crippen molar-refractivity contribution in [2.75, 3.05) is 6.61 Å². The van der Waals surface area contributed by atoms with Crippen LogP contribution >= 0.6 is 0 Å². The van der Waals surface area contributed by atoms with Gasteiger partial charge in [0.15, 0.2) is 0 Å². The number of aliphatic hydroxyl groups excluding tert-OH is 4. The highest BCUT2D eigenvalue weighted by Gasteiger charge is 2.45. The van der Waals surface area contributed by atoms with Gasteiger partial charge in [0.2, 0.25) is 5.82 Å². The molecule has 8 nitrogen and oxygen atoms in total. The van der Waals surface area contributed by atoms with Crippen molar-refractivity contribution in [3.63, 3.8) is 0 Å². The zero-order valence-corrected chi connectivity index (χ0v) is 13.6. The van der Waals surface area contributed by atoms with Crippen molar-refractivity contribution in [3.05, 3.63) is 48.3 Å². The summed E-state index contributed by atoms with van der Waals surface area (Å²) in [5.41, 5.74) is 0.701. The van der Waals surface area contributed by atoms with Crippen LogP contribution in [0, 0.1) is 0 Å². The molecule has 1 aromatic heterocycles. The maximum atomic E-state index is 10.2. The molecule has 0 aliphatic carbocycles. The van der Waals surface area contributed by atoms with Crippen molar-refractivity contribution >= 4 is 10.8 Å². The van der Waals surface area contributed by atoms with E-state index in [1.54, 1.807) is 0 Å². The summed E-state index contributed by atoms with van der Waals surface area (Å²) in [6.45, 7) is -0.517. The van der Waals surface area contributed by atoms with Gasteiger partial charge in [-0.25, -0.2) is 0 Å². The van der Waals surface area contributed by atoms with E-state index in [9.17, 15) is 20.4 Å². The summed E-state index contributed by atoms with van der Waals surface area (Å²) in [6, 6.07) is 13.5. The van der Waals surface area contributed by atoms with Crippen molar-refractivity contribution in [1.82, 2.24) is 10.1 Å². The van der Waals surface area contributed by atoms with Crippen LogP contribution < -0.4 is 0 Å². The third kappa shape index (κ3) is 2.87. The molecule has 2 heterocycles. The predicted molar refractivity (Wildman–Crippen MR) is 90.0 cm³/mol. The molecule has 0 amide bonds. The van der Waals surface area contributed by atoms with Gasteiger partial charge in [-0.3, -0.25) is 0 Å². The highest BCUT2D eigenvalue weighted by molar-refractivity contribution is 5.86. The Kier molecular flexibility index (Phi) is 4.43. The quantitative estimate of drug-likeness (QED) is 0.530. The molecule has 26 heavy (non-hydrogen) atoms. The number of rotatable bonds is 3. The van der Waals surface area contributed by atoms with Crippen LogP contribution in [0.1, 0.15) is 11.9 Å². The lowest BCUT2D eigenvalue weighted by Gasteiger charge is -2.38. The lowest BCUT2D eigenvalue weighted by molar-refractivity contribution is -0.233. The van der Waals surface area contributed by atoms with Crippen molar-refractivity contribution in [1.29, 1.82) is 0 Å². The molecule has 0 radical (unpaired) electrons. The van der Waals surface area contributed by atoms with Crippen molar-refractivity contribution in [2.24, 2.45) is 0 Å². The molecule has 1 aliphatic rings. The van der Waals surface area contributed by atoms with Crippen LogP contribution in [-0.2, 0) is 4.74 Å². The van der Waals surface area contributed by atoms with E-state index in [0.29, 0.717) is 5.56 Å². The van der Waals surface area contributed by atoms with Gasteiger partial charge < -0.3 is 29.7 Å². The van der Waals surface area contributed by atoms with E-state index < -0.39 is 37.1 Å². The van der Waals surface area contributed by atoms with Crippen molar-refractivity contribution < 1.29 is 29.7 Å². The van der Waals surface area contributed by atoms with E-state index in [1.807, 2.05) is 42.5 Å². The number of ether oxygens (including phenoxy) is 1. The first kappa shape index (κ1) is 17.1. The maximum absolute atomic E-state index is 10.2. The molecule has 8 heteroatoms. The molecular formula is C18H18N2O6. The first-order valence-corrected chi connectivity index (χ1v) is 8.22. The molecule has 0 bridgehead atoms. The second-order valence-corrected chi connectivity index (χ2v) is 6.27. The van der Waals surface area contributed by atoms with Gasteiger partial charge in [-0.1, -0.05) is 35.5 Å². The third-order valence-electron chi connectivity index (χ3n) is 4.58. The van der Waals surface area contributed by atoms with E-state index in [1.165, 1.54) is 0 Å². The van der Waals surface area contributed by atoms with Gasteiger partial charge in [0.1, 0.15) is 30.5 Å². The second-order valence-electron chi connectivity index (χ2n) is 6.27. The first-order valence-electron chi connectivity index (χ1n) is 8.22. The number of hydrogen-bond donors (Lipinski definition) is 4. The van der Waals surface area contributed by atoms with E-state index in [4.69, 9.17) is 9.26 Å². The Morgan fingerprint density at radius 3 is 2.46 bits per heavy atom. The van der Waals surface area contributed by atoms with Gasteiger partial charge in [-0.05, 0) is 22.9 Å². The second kappa shape index (κ2) is 6.75. The smallest absolute Gasteiger partial charge is 0.258 e. The fraction of sp³-hybridized carbons (Fsp3) is 0.333. The topological polar surface area (TPSA) is 129 Å². The minimum Gasteiger partial charge on any atom is -0.394 e. The number of aromatic nitrogens is 2. The summed E-state index contributed by atoms with van der Waals surface area (Å²) >= 11 is 0. The van der Waals surface area contributed by atoms with Crippen molar-refractivity contribution in [2.45, 2.75) is 30.5 Å². The monoisotopic (exact) mass is 358 g/mol. The fourth-order valence-corrected chi connectivity index (χ4v) is 3.10. The van der Waals surface area contributed by atoms with Crippen LogP contribution in [0.2, 0.25) is 0 Å². The largest absolute Gasteiger partial charge is 0.394 e. The maximum Gasteiger partial charge on any atom is 0.258 e. The van der Waals surface area contributed by atoms with Gasteiger partial charge in [0.05, 0.1) is 6.61 Å². The Morgan fingerprint density at radius 2 is 1.69 bits per heavy atom. The molecule has 3 aromatic rings. The molecule has 4 N–H and O–H groups in total. The van der Waals surface area contributed by atoms with Gasteiger partial charge in [0, 0.05) is 5.56 Å². The van der Waals surface area contributed by atoms with Crippen LogP contribution in [-0.4, -0.2) is 61.6 Å². The van der Waals surface area contributed by atoms with Crippen LogP contribution in [0.5, 0.6) is 0 Å². The summed E-state index contributed by atoms with van der Waals surface area (Å²) in [4.78, 5) is 4.25. The van der Waals surface area contributed by atoms with Crippen molar-refractivity contribution in [3.8, 4) is 11.5 Å². The highest BCUT2D eigenvalue weighted by atomic mass is 16.5. The molecule has 4 rings (SSSR count). The molecule has 0 saturated carbocycles. The molecule has 2 aromatic carbocycles. The minimum absolute atomic E-state index is 0.0325. The van der Waals surface area contributed by atoms with Crippen LogP contribution in [0.3, 0.4) is 0 Å². The molecule has 1 aliphatic heterocycles. The normalized spacial score (nSPS) is 29.2. The SMILES string of the molecule is OC[C@H]1O[C@@H](c2noc(-c3ccc4ccccc4c3)n2)[C@H](O)[C@@H](O)[C@@H]1O. The Hall–Kier alpha value is -2.36. The molecule has 5 atom stereocenters. The predicted octanol–water partition coefficient (Wildman–Crippen LogP) is 0.405. The number of nitrogens with zero attached hydrogens (tertiary/aromatic N) is 2. The Bertz CT molecular complexity index is 911. The van der Waals surface area contributed by atoms with E-state index in [2.05, 4.69) is 10.1 Å². The summed E-state index contributed by atoms with van der Waals surface area (Å²) in [6.07, 6.45) is -6.52. The Balaban J connectivity index is 1.64. The summed E-state index contributed by atoms with van der Waals surface area (Å²) in [5, 5.41) is 45.1. The fourth-order valence-electron chi connectivity index (χ4n) is 3.10. The Morgan fingerprint density at radius 1 is 0.923 bits per heavy atom. The molecule has 1 fully saturated rings. The standard InChI is InChI=1S/C18H18N2O6/c21-8-12-13(22)14(23)15(24)16(25-12)17-19-18(26-20-17)11-6-5-9-3-1-2-4-10(9)7-11/h1-7,12-16,21-24H,8H2/t12-,13-,14+,15-,16-/m1/s1. The summed E-state index contributed by atoms with van der Waals surface area (Å²) < 4.78 is 10.7. The minimum atomic E-state index is -1.49. The number of benzene rings is 2. The lowest BCUT2D eigenvalue weighted by Crippen LogP contribution is -2.55. The average Bonchev–Trinajstić information content (AvgIpc) is 3.16.